The molecule has 0 unspecified atom stereocenters. The molecule has 0 heterocycles. The molecule has 0 amide bonds. The molecule has 0 aromatic carbocycles. The third-order valence-corrected chi connectivity index (χ3v) is 6.04. The van der Waals surface area contributed by atoms with E-state index >= 15 is 0 Å². The van der Waals surface area contributed by atoms with Crippen molar-refractivity contribution >= 4 is 53.4 Å². The van der Waals surface area contributed by atoms with Crippen LogP contribution in [-0.4, -0.2) is 78.0 Å². The van der Waals surface area contributed by atoms with Gasteiger partial charge in [0.2, 0.25) is 0 Å². The molecule has 0 spiro atoms. The van der Waals surface area contributed by atoms with Crippen molar-refractivity contribution in [3.63, 3.8) is 0 Å². The van der Waals surface area contributed by atoms with Crippen molar-refractivity contribution in [2.45, 2.75) is 63.6 Å². The van der Waals surface area contributed by atoms with Crippen molar-refractivity contribution in [1.29, 1.82) is 0 Å². The Morgan fingerprint density at radius 1 is 0.600 bits per heavy atom. The Hall–Kier alpha value is -1.95. The van der Waals surface area contributed by atoms with Gasteiger partial charge in [-0.2, -0.15) is 0 Å². The first-order valence-corrected chi connectivity index (χ1v) is 11.4. The van der Waals surface area contributed by atoms with Gasteiger partial charge in [-0.3, -0.25) is 24.0 Å². The van der Waals surface area contributed by atoms with Gasteiger partial charge in [-0.15, -0.1) is 23.5 Å². The lowest BCUT2D eigenvalue weighted by Crippen LogP contribution is -2.55. The quantitative estimate of drug-likeness (QED) is 0.232. The number of hydrogen-bond donors (Lipinski definition) is 0. The Labute approximate surface area is 184 Å². The third kappa shape index (κ3) is 10.7. The molecule has 0 saturated heterocycles. The monoisotopic (exact) mass is 468 g/mol. The topological polar surface area (TPSA) is 132 Å². The summed E-state index contributed by atoms with van der Waals surface area (Å²) in [7, 11) is 0. The van der Waals surface area contributed by atoms with E-state index in [9.17, 15) is 24.0 Å². The molecule has 0 N–H and O–H groups in total. The largest absolute Gasteiger partial charge is 0.462 e. The Balaban J connectivity index is 6.37. The molecule has 0 rings (SSSR count). The van der Waals surface area contributed by atoms with Crippen molar-refractivity contribution in [2.75, 3.05) is 19.1 Å². The standard InChI is InChI=1S/C18H28O10S2/c1-9(19)24-8-14(25-10(2)20)15(26-11(3)21)16(27-12(4)22)17(28-13(5)23)18(29-6)30-7/h14-18H,8H2,1-7H3/t14-,15-,16+,17+/m1/s1. The van der Waals surface area contributed by atoms with Crippen LogP contribution in [0.3, 0.4) is 0 Å². The number of carbonyl (C=O) groups excluding carboxylic acids is 5. The van der Waals surface area contributed by atoms with Crippen molar-refractivity contribution in [2.24, 2.45) is 0 Å². The zero-order valence-electron chi connectivity index (χ0n) is 18.0. The van der Waals surface area contributed by atoms with Crippen LogP contribution in [0.2, 0.25) is 0 Å². The molecule has 0 fully saturated rings. The van der Waals surface area contributed by atoms with Crippen LogP contribution in [0.15, 0.2) is 0 Å². The van der Waals surface area contributed by atoms with Gasteiger partial charge in [0.05, 0.1) is 4.58 Å². The maximum Gasteiger partial charge on any atom is 0.303 e. The zero-order valence-corrected chi connectivity index (χ0v) is 19.6. The second-order valence-corrected chi connectivity index (χ2v) is 8.27. The van der Waals surface area contributed by atoms with Crippen molar-refractivity contribution < 1.29 is 47.7 Å². The lowest BCUT2D eigenvalue weighted by Gasteiger charge is -2.37. The van der Waals surface area contributed by atoms with E-state index in [2.05, 4.69) is 0 Å². The summed E-state index contributed by atoms with van der Waals surface area (Å²) in [6, 6.07) is 0. The van der Waals surface area contributed by atoms with E-state index < -0.39 is 65.5 Å². The van der Waals surface area contributed by atoms with Gasteiger partial charge in [0.25, 0.3) is 0 Å². The fourth-order valence-corrected chi connectivity index (χ4v) is 4.23. The van der Waals surface area contributed by atoms with E-state index in [-0.39, 0.29) is 0 Å². The van der Waals surface area contributed by atoms with Gasteiger partial charge in [0.1, 0.15) is 6.61 Å². The van der Waals surface area contributed by atoms with E-state index in [1.54, 1.807) is 12.5 Å². The molecule has 0 bridgehead atoms. The second kappa shape index (κ2) is 14.1. The summed E-state index contributed by atoms with van der Waals surface area (Å²) < 4.78 is 25.8. The Morgan fingerprint density at radius 3 is 1.37 bits per heavy atom. The number of thioether (sulfide) groups is 2. The molecule has 0 aromatic heterocycles. The van der Waals surface area contributed by atoms with E-state index in [1.807, 2.05) is 0 Å². The van der Waals surface area contributed by atoms with Crippen LogP contribution in [0.5, 0.6) is 0 Å². The van der Waals surface area contributed by atoms with Crippen LogP contribution in [-0.2, 0) is 47.7 Å². The predicted molar refractivity (Wildman–Crippen MR) is 110 cm³/mol. The Morgan fingerprint density at radius 2 is 1.00 bits per heavy atom. The molecular formula is C18H28O10S2. The van der Waals surface area contributed by atoms with E-state index in [0.29, 0.717) is 0 Å². The van der Waals surface area contributed by atoms with Gasteiger partial charge in [0.15, 0.2) is 24.4 Å². The average molecular weight is 469 g/mol. The fourth-order valence-electron chi connectivity index (χ4n) is 2.50. The number of rotatable bonds is 12. The molecule has 0 aromatic rings. The summed E-state index contributed by atoms with van der Waals surface area (Å²) in [5, 5.41) is 0. The summed E-state index contributed by atoms with van der Waals surface area (Å²) in [6.07, 6.45) is -1.64. The lowest BCUT2D eigenvalue weighted by molar-refractivity contribution is -0.201. The highest BCUT2D eigenvalue weighted by Crippen LogP contribution is 2.31. The number of esters is 5. The highest BCUT2D eigenvalue weighted by molar-refractivity contribution is 8.16. The normalized spacial score (nSPS) is 14.7. The lowest BCUT2D eigenvalue weighted by atomic mass is 10.0. The second-order valence-electron chi connectivity index (χ2n) is 6.01. The maximum atomic E-state index is 11.8. The Bertz CT molecular complexity index is 620. The summed E-state index contributed by atoms with van der Waals surface area (Å²) in [4.78, 5) is 58.3. The zero-order chi connectivity index (χ0) is 23.4. The average Bonchev–Trinajstić information content (AvgIpc) is 2.60. The first-order valence-electron chi connectivity index (χ1n) is 8.80. The number of carbonyl (C=O) groups is 5. The molecule has 0 aliphatic carbocycles. The Kier molecular flexibility index (Phi) is 13.2. The molecule has 0 radical (unpaired) electrons. The molecular weight excluding hydrogens is 440 g/mol. The van der Waals surface area contributed by atoms with Crippen molar-refractivity contribution in [3.8, 4) is 0 Å². The smallest absolute Gasteiger partial charge is 0.303 e. The van der Waals surface area contributed by atoms with Crippen LogP contribution >= 0.6 is 23.5 Å². The SMILES string of the molecule is CSC(SC)[C@@H](OC(C)=O)[C@@H](OC(C)=O)[C@H](OC(C)=O)[C@@H](COC(C)=O)OC(C)=O. The molecule has 0 aliphatic heterocycles. The van der Waals surface area contributed by atoms with Crippen molar-refractivity contribution in [3.05, 3.63) is 0 Å². The van der Waals surface area contributed by atoms with E-state index in [4.69, 9.17) is 23.7 Å². The van der Waals surface area contributed by atoms with Gasteiger partial charge < -0.3 is 23.7 Å². The van der Waals surface area contributed by atoms with Gasteiger partial charge >= 0.3 is 29.8 Å². The van der Waals surface area contributed by atoms with Gasteiger partial charge in [-0.25, -0.2) is 0 Å². The van der Waals surface area contributed by atoms with Crippen molar-refractivity contribution in [1.82, 2.24) is 0 Å². The molecule has 30 heavy (non-hydrogen) atoms. The highest BCUT2D eigenvalue weighted by Gasteiger charge is 2.46. The molecule has 4 atom stereocenters. The minimum absolute atomic E-state index is 0.428. The summed E-state index contributed by atoms with van der Waals surface area (Å²) in [5.41, 5.74) is 0. The molecule has 0 aliphatic rings. The van der Waals surface area contributed by atoms with E-state index in [0.717, 1.165) is 27.7 Å². The number of hydrogen-bond acceptors (Lipinski definition) is 12. The minimum Gasteiger partial charge on any atom is -0.462 e. The van der Waals surface area contributed by atoms with Gasteiger partial charge in [0, 0.05) is 34.6 Å². The van der Waals surface area contributed by atoms with Crippen LogP contribution in [0.25, 0.3) is 0 Å². The molecule has 172 valence electrons. The summed E-state index contributed by atoms with van der Waals surface area (Å²) in [6.45, 7) is 5.20. The predicted octanol–water partition coefficient (Wildman–Crippen LogP) is 1.33. The third-order valence-electron chi connectivity index (χ3n) is 3.42. The molecule has 0 saturated carbocycles. The van der Waals surface area contributed by atoms with Gasteiger partial charge in [-0.1, -0.05) is 0 Å². The highest BCUT2D eigenvalue weighted by atomic mass is 32.2. The number of ether oxygens (including phenoxy) is 5. The minimum atomic E-state index is -1.42. The van der Waals surface area contributed by atoms with Crippen LogP contribution in [0, 0.1) is 0 Å². The first-order chi connectivity index (χ1) is 13.9. The van der Waals surface area contributed by atoms with Crippen LogP contribution < -0.4 is 0 Å². The maximum absolute atomic E-state index is 11.8. The first kappa shape index (κ1) is 28.1. The van der Waals surface area contributed by atoms with E-state index in [1.165, 1.54) is 30.4 Å². The van der Waals surface area contributed by atoms with Gasteiger partial charge in [-0.05, 0) is 12.5 Å². The van der Waals surface area contributed by atoms with Crippen LogP contribution in [0.4, 0.5) is 0 Å². The van der Waals surface area contributed by atoms with Crippen LogP contribution in [0.1, 0.15) is 34.6 Å². The summed E-state index contributed by atoms with van der Waals surface area (Å²) >= 11 is 2.63. The molecule has 10 nitrogen and oxygen atoms in total. The molecule has 12 heteroatoms. The fraction of sp³-hybridized carbons (Fsp3) is 0.722. The summed E-state index contributed by atoms with van der Waals surface area (Å²) in [5.74, 6) is -3.59.